The first kappa shape index (κ1) is 17.2. The Morgan fingerprint density at radius 1 is 0.739 bits per heavy atom. The third kappa shape index (κ3) is 3.91. The average Bonchev–Trinajstić information content (AvgIpc) is 2.95. The van der Waals surface area contributed by atoms with Crippen molar-refractivity contribution in [2.24, 2.45) is 0 Å². The molecule has 0 heterocycles. The zero-order valence-electron chi connectivity index (χ0n) is 13.6. The van der Waals surface area contributed by atoms with Crippen molar-refractivity contribution in [3.8, 4) is 11.1 Å². The molecule has 0 amide bonds. The van der Waals surface area contributed by atoms with Gasteiger partial charge in [0.2, 0.25) is 0 Å². The Balaban J connectivity index is 1.91. The number of rotatable bonds is 8. The van der Waals surface area contributed by atoms with Crippen LogP contribution in [0.3, 0.4) is 0 Å². The highest BCUT2D eigenvalue weighted by molar-refractivity contribution is 9.09. The number of aryl methyl sites for hydroxylation is 1. The van der Waals surface area contributed by atoms with E-state index < -0.39 is 0 Å². The molecule has 0 bridgehead atoms. The van der Waals surface area contributed by atoms with Gasteiger partial charge in [0.1, 0.15) is 0 Å². The van der Waals surface area contributed by atoms with Crippen LogP contribution in [0, 0.1) is 0 Å². The van der Waals surface area contributed by atoms with E-state index in [1.807, 2.05) is 0 Å². The van der Waals surface area contributed by atoms with Gasteiger partial charge in [-0.05, 0) is 78.3 Å². The predicted molar refractivity (Wildman–Crippen MR) is 108 cm³/mol. The summed E-state index contributed by atoms with van der Waals surface area (Å²) in [5.74, 6) is 0. The first-order valence-corrected chi connectivity index (χ1v) is 10.9. The minimum absolute atomic E-state index is 1.11. The number of benzene rings is 2. The fourth-order valence-corrected chi connectivity index (χ4v) is 4.47. The lowest BCUT2D eigenvalue weighted by molar-refractivity contribution is 0.762. The van der Waals surface area contributed by atoms with Crippen LogP contribution in [0.15, 0.2) is 36.4 Å². The van der Waals surface area contributed by atoms with Crippen LogP contribution in [-0.4, -0.2) is 10.7 Å². The Morgan fingerprint density at radius 3 is 2.26 bits per heavy atom. The molecule has 0 N–H and O–H groups in total. The number of hydrogen-bond acceptors (Lipinski definition) is 0. The Hall–Kier alpha value is -0.600. The maximum Gasteiger partial charge on any atom is 0.00314 e. The Morgan fingerprint density at radius 2 is 1.48 bits per heavy atom. The second-order valence-corrected chi connectivity index (χ2v) is 7.94. The van der Waals surface area contributed by atoms with Crippen LogP contribution in [0.5, 0.6) is 0 Å². The number of unbranched alkanes of at least 4 members (excludes halogenated alkanes) is 2. The summed E-state index contributed by atoms with van der Waals surface area (Å²) in [6.45, 7) is 0. The van der Waals surface area contributed by atoms with E-state index >= 15 is 0 Å². The molecule has 122 valence electrons. The molecule has 0 atom stereocenters. The van der Waals surface area contributed by atoms with Gasteiger partial charge >= 0.3 is 0 Å². The maximum absolute atomic E-state index is 3.57. The molecule has 0 nitrogen and oxygen atoms in total. The van der Waals surface area contributed by atoms with Gasteiger partial charge in [0.15, 0.2) is 0 Å². The first-order chi connectivity index (χ1) is 11.3. The van der Waals surface area contributed by atoms with Crippen LogP contribution in [0.2, 0.25) is 0 Å². The summed E-state index contributed by atoms with van der Waals surface area (Å²) < 4.78 is 0. The van der Waals surface area contributed by atoms with Crippen molar-refractivity contribution in [3.63, 3.8) is 0 Å². The molecule has 2 aromatic rings. The third-order valence-corrected chi connectivity index (χ3v) is 5.96. The van der Waals surface area contributed by atoms with Gasteiger partial charge in [0.05, 0.1) is 0 Å². The quantitative estimate of drug-likeness (QED) is 0.273. The van der Waals surface area contributed by atoms with E-state index in [0.717, 1.165) is 17.1 Å². The Bertz CT molecular complexity index is 661. The standard InChI is InChI=1S/C21H24Br2/c22-13-5-3-7-16-11-12-20-19-9-2-1-8-17(19)15-21(20)18(16)10-4-6-14-23/h1-2,8-9,11-12H,3-7,10,13-15H2. The summed E-state index contributed by atoms with van der Waals surface area (Å²) in [7, 11) is 0. The SMILES string of the molecule is BrCCCCc1ccc2c(c1CCCCBr)Cc1ccccc1-2. The molecule has 0 aliphatic heterocycles. The fraction of sp³-hybridized carbons (Fsp3) is 0.429. The van der Waals surface area contributed by atoms with Crippen LogP contribution in [0.4, 0.5) is 0 Å². The van der Waals surface area contributed by atoms with Crippen molar-refractivity contribution in [3.05, 3.63) is 58.7 Å². The van der Waals surface area contributed by atoms with Crippen molar-refractivity contribution in [1.82, 2.24) is 0 Å². The van der Waals surface area contributed by atoms with Crippen LogP contribution in [0.25, 0.3) is 11.1 Å². The molecule has 0 unspecified atom stereocenters. The van der Waals surface area contributed by atoms with Crippen LogP contribution >= 0.6 is 31.9 Å². The van der Waals surface area contributed by atoms with Gasteiger partial charge in [0.25, 0.3) is 0 Å². The molecule has 3 rings (SSSR count). The number of fused-ring (bicyclic) bond motifs is 3. The smallest absolute Gasteiger partial charge is 0.00314 e. The van der Waals surface area contributed by atoms with Crippen molar-refractivity contribution in [1.29, 1.82) is 0 Å². The Kier molecular flexibility index (Phi) is 6.36. The topological polar surface area (TPSA) is 0 Å². The summed E-state index contributed by atoms with van der Waals surface area (Å²) in [6, 6.07) is 13.7. The molecule has 2 aromatic carbocycles. The average molecular weight is 436 g/mol. The maximum atomic E-state index is 3.57. The fourth-order valence-electron chi connectivity index (χ4n) is 3.68. The Labute approximate surface area is 157 Å². The minimum Gasteiger partial charge on any atom is -0.0928 e. The number of halogens is 2. The summed E-state index contributed by atoms with van der Waals surface area (Å²) >= 11 is 7.13. The van der Waals surface area contributed by atoms with E-state index in [1.54, 1.807) is 16.7 Å². The van der Waals surface area contributed by atoms with Crippen molar-refractivity contribution < 1.29 is 0 Å². The summed E-state index contributed by atoms with van der Waals surface area (Å²) in [4.78, 5) is 0. The van der Waals surface area contributed by atoms with Gasteiger partial charge in [-0.3, -0.25) is 0 Å². The van der Waals surface area contributed by atoms with E-state index in [9.17, 15) is 0 Å². The molecule has 0 spiro atoms. The van der Waals surface area contributed by atoms with Crippen molar-refractivity contribution in [2.45, 2.75) is 44.9 Å². The predicted octanol–water partition coefficient (Wildman–Crippen LogP) is 6.69. The van der Waals surface area contributed by atoms with Gasteiger partial charge < -0.3 is 0 Å². The minimum atomic E-state index is 1.11. The first-order valence-electron chi connectivity index (χ1n) is 8.69. The molecule has 0 saturated carbocycles. The van der Waals surface area contributed by atoms with Gasteiger partial charge in [-0.1, -0.05) is 68.3 Å². The van der Waals surface area contributed by atoms with Gasteiger partial charge in [-0.15, -0.1) is 0 Å². The second-order valence-electron chi connectivity index (χ2n) is 6.36. The lowest BCUT2D eigenvalue weighted by Crippen LogP contribution is -2.01. The monoisotopic (exact) mass is 434 g/mol. The van der Waals surface area contributed by atoms with Gasteiger partial charge in [-0.25, -0.2) is 0 Å². The summed E-state index contributed by atoms with van der Waals surface area (Å²) in [6.07, 6.45) is 8.66. The van der Waals surface area contributed by atoms with E-state index in [1.165, 1.54) is 55.2 Å². The third-order valence-electron chi connectivity index (χ3n) is 4.84. The van der Waals surface area contributed by atoms with Crippen LogP contribution in [0.1, 0.15) is 47.9 Å². The molecule has 0 fully saturated rings. The summed E-state index contributed by atoms with van der Waals surface area (Å²) in [5.41, 5.74) is 9.29. The molecule has 1 aliphatic rings. The molecular formula is C21H24Br2. The van der Waals surface area contributed by atoms with Crippen molar-refractivity contribution in [2.75, 3.05) is 10.7 Å². The highest BCUT2D eigenvalue weighted by Crippen LogP contribution is 2.40. The summed E-state index contributed by atoms with van der Waals surface area (Å²) in [5, 5.41) is 2.23. The van der Waals surface area contributed by atoms with E-state index in [4.69, 9.17) is 0 Å². The van der Waals surface area contributed by atoms with Crippen molar-refractivity contribution >= 4 is 31.9 Å². The molecule has 0 aromatic heterocycles. The van der Waals surface area contributed by atoms with E-state index in [0.29, 0.717) is 0 Å². The molecule has 2 heteroatoms. The van der Waals surface area contributed by atoms with Crippen LogP contribution in [-0.2, 0) is 19.3 Å². The highest BCUT2D eigenvalue weighted by Gasteiger charge is 2.22. The molecule has 0 saturated heterocycles. The lowest BCUT2D eigenvalue weighted by atomic mass is 9.90. The lowest BCUT2D eigenvalue weighted by Gasteiger charge is -2.15. The molecule has 0 radical (unpaired) electrons. The van der Waals surface area contributed by atoms with E-state index in [-0.39, 0.29) is 0 Å². The second kappa shape index (κ2) is 8.48. The number of hydrogen-bond donors (Lipinski definition) is 0. The molecule has 1 aliphatic carbocycles. The highest BCUT2D eigenvalue weighted by atomic mass is 79.9. The van der Waals surface area contributed by atoms with Gasteiger partial charge in [0, 0.05) is 10.7 Å². The normalized spacial score (nSPS) is 12.3. The van der Waals surface area contributed by atoms with E-state index in [2.05, 4.69) is 68.3 Å². The molecular weight excluding hydrogens is 412 g/mol. The zero-order chi connectivity index (χ0) is 16.1. The molecule has 23 heavy (non-hydrogen) atoms. The van der Waals surface area contributed by atoms with Crippen LogP contribution < -0.4 is 0 Å². The number of alkyl halides is 2. The van der Waals surface area contributed by atoms with Gasteiger partial charge in [-0.2, -0.15) is 0 Å². The zero-order valence-corrected chi connectivity index (χ0v) is 16.8. The largest absolute Gasteiger partial charge is 0.0928 e.